The van der Waals surface area contributed by atoms with E-state index in [1.165, 1.54) is 27.1 Å². The van der Waals surface area contributed by atoms with Crippen molar-refractivity contribution in [2.24, 2.45) is 0 Å². The van der Waals surface area contributed by atoms with E-state index < -0.39 is 0 Å². The standard InChI is InChI=1S/C19H24N4O2S2/c1-14-3-5-15(6-4-14)13-16-18(25)23(19(26)27-16)8-7-17(24)20-22-11-9-21(2)10-12-22/h3-6,13H,7-12H2,1-2H3,(H,20,24)/p+1/b16-13+. The summed E-state index contributed by atoms with van der Waals surface area (Å²) in [6, 6.07) is 7.98. The Morgan fingerprint density at radius 3 is 2.63 bits per heavy atom. The third-order valence-corrected chi connectivity index (χ3v) is 6.09. The van der Waals surface area contributed by atoms with Crippen LogP contribution in [0.1, 0.15) is 17.5 Å². The van der Waals surface area contributed by atoms with Crippen LogP contribution in [0.5, 0.6) is 0 Å². The molecule has 2 aliphatic heterocycles. The normalized spacial score (nSPS) is 20.5. The first kappa shape index (κ1) is 20.0. The van der Waals surface area contributed by atoms with Gasteiger partial charge in [-0.05, 0) is 18.6 Å². The smallest absolute Gasteiger partial charge is 0.266 e. The molecule has 2 N–H and O–H groups in total. The van der Waals surface area contributed by atoms with Crippen LogP contribution >= 0.6 is 24.0 Å². The van der Waals surface area contributed by atoms with Crippen LogP contribution in [0.3, 0.4) is 0 Å². The largest absolute Gasteiger partial charge is 0.335 e. The molecule has 0 atom stereocenters. The Balaban J connectivity index is 1.53. The number of piperazine rings is 1. The van der Waals surface area contributed by atoms with Crippen molar-refractivity contribution in [1.29, 1.82) is 0 Å². The van der Waals surface area contributed by atoms with Gasteiger partial charge >= 0.3 is 0 Å². The van der Waals surface area contributed by atoms with Crippen molar-refractivity contribution in [3.05, 3.63) is 40.3 Å². The number of thioether (sulfide) groups is 1. The van der Waals surface area contributed by atoms with Crippen molar-refractivity contribution in [3.8, 4) is 0 Å². The highest BCUT2D eigenvalue weighted by atomic mass is 32.2. The molecule has 0 radical (unpaired) electrons. The summed E-state index contributed by atoms with van der Waals surface area (Å²) in [7, 11) is 2.15. The minimum Gasteiger partial charge on any atom is -0.335 e. The molecule has 1 aromatic carbocycles. The van der Waals surface area contributed by atoms with E-state index in [9.17, 15) is 9.59 Å². The molecule has 2 fully saturated rings. The van der Waals surface area contributed by atoms with Crippen molar-refractivity contribution < 1.29 is 14.5 Å². The van der Waals surface area contributed by atoms with Crippen LogP contribution < -0.4 is 10.3 Å². The van der Waals surface area contributed by atoms with Gasteiger partial charge in [0.05, 0.1) is 38.1 Å². The van der Waals surface area contributed by atoms with Gasteiger partial charge in [-0.15, -0.1) is 0 Å². The molecule has 0 aromatic heterocycles. The quantitative estimate of drug-likeness (QED) is 0.550. The van der Waals surface area contributed by atoms with Gasteiger partial charge in [-0.25, -0.2) is 5.01 Å². The zero-order valence-corrected chi connectivity index (χ0v) is 17.3. The monoisotopic (exact) mass is 405 g/mol. The van der Waals surface area contributed by atoms with E-state index in [0.717, 1.165) is 31.7 Å². The van der Waals surface area contributed by atoms with Gasteiger partial charge in [0.1, 0.15) is 4.32 Å². The van der Waals surface area contributed by atoms with Gasteiger partial charge in [-0.3, -0.25) is 19.9 Å². The van der Waals surface area contributed by atoms with Crippen LogP contribution in [0.2, 0.25) is 0 Å². The van der Waals surface area contributed by atoms with Gasteiger partial charge in [0.25, 0.3) is 5.91 Å². The molecule has 144 valence electrons. The minimum absolute atomic E-state index is 0.0777. The number of hydrogen-bond acceptors (Lipinski definition) is 5. The van der Waals surface area contributed by atoms with Gasteiger partial charge in [-0.1, -0.05) is 53.8 Å². The number of nitrogens with one attached hydrogen (secondary N) is 2. The number of hydrogen-bond donors (Lipinski definition) is 2. The van der Waals surface area contributed by atoms with E-state index in [4.69, 9.17) is 12.2 Å². The number of nitrogens with zero attached hydrogens (tertiary/aromatic N) is 2. The predicted octanol–water partition coefficient (Wildman–Crippen LogP) is 0.448. The highest BCUT2D eigenvalue weighted by molar-refractivity contribution is 8.26. The SMILES string of the molecule is Cc1ccc(/C=C2/SC(=S)N(CCC(=O)NN3CC[NH+](C)CC3)C2=O)cc1. The third-order valence-electron chi connectivity index (χ3n) is 4.71. The number of quaternary nitrogens is 1. The Kier molecular flexibility index (Phi) is 6.64. The van der Waals surface area contributed by atoms with Gasteiger partial charge in [-0.2, -0.15) is 0 Å². The lowest BCUT2D eigenvalue weighted by Crippen LogP contribution is -3.12. The first-order valence-electron chi connectivity index (χ1n) is 9.10. The topological polar surface area (TPSA) is 57.1 Å². The fraction of sp³-hybridized carbons (Fsp3) is 0.421. The second kappa shape index (κ2) is 8.97. The number of amides is 2. The van der Waals surface area contributed by atoms with Crippen molar-refractivity contribution in [2.75, 3.05) is 39.8 Å². The number of rotatable bonds is 5. The fourth-order valence-electron chi connectivity index (χ4n) is 2.95. The summed E-state index contributed by atoms with van der Waals surface area (Å²) in [5, 5.41) is 1.96. The predicted molar refractivity (Wildman–Crippen MR) is 112 cm³/mol. The second-order valence-corrected chi connectivity index (χ2v) is 8.65. The molecule has 27 heavy (non-hydrogen) atoms. The molecular weight excluding hydrogens is 380 g/mol. The van der Waals surface area contributed by atoms with Crippen molar-refractivity contribution >= 4 is 46.2 Å². The van der Waals surface area contributed by atoms with E-state index in [2.05, 4.69) is 12.5 Å². The number of carbonyl (C=O) groups excluding carboxylic acids is 2. The molecule has 2 aliphatic rings. The molecule has 2 saturated heterocycles. The number of hydrazine groups is 1. The van der Waals surface area contributed by atoms with E-state index in [-0.39, 0.29) is 18.2 Å². The van der Waals surface area contributed by atoms with Gasteiger partial charge in [0, 0.05) is 13.0 Å². The highest BCUT2D eigenvalue weighted by Gasteiger charge is 2.32. The maximum absolute atomic E-state index is 12.6. The Morgan fingerprint density at radius 2 is 1.96 bits per heavy atom. The maximum atomic E-state index is 12.6. The Labute approximate surface area is 169 Å². The zero-order chi connectivity index (χ0) is 19.4. The molecule has 0 bridgehead atoms. The highest BCUT2D eigenvalue weighted by Crippen LogP contribution is 2.32. The van der Waals surface area contributed by atoms with Gasteiger partial charge in [0.2, 0.25) is 5.91 Å². The maximum Gasteiger partial charge on any atom is 0.266 e. The molecule has 0 unspecified atom stereocenters. The fourth-order valence-corrected chi connectivity index (χ4v) is 4.26. The summed E-state index contributed by atoms with van der Waals surface area (Å²) in [6.45, 7) is 6.05. The van der Waals surface area contributed by atoms with Crippen molar-refractivity contribution in [3.63, 3.8) is 0 Å². The summed E-state index contributed by atoms with van der Waals surface area (Å²) in [5.41, 5.74) is 5.07. The Bertz CT molecular complexity index is 755. The number of benzene rings is 1. The molecule has 2 amide bonds. The van der Waals surface area contributed by atoms with Crippen LogP contribution in [0.25, 0.3) is 6.08 Å². The molecule has 0 saturated carbocycles. The van der Waals surface area contributed by atoms with Crippen LogP contribution in [-0.4, -0.2) is 65.8 Å². The van der Waals surface area contributed by atoms with Crippen LogP contribution in [-0.2, 0) is 9.59 Å². The van der Waals surface area contributed by atoms with E-state index in [1.54, 1.807) is 0 Å². The van der Waals surface area contributed by atoms with E-state index >= 15 is 0 Å². The summed E-state index contributed by atoms with van der Waals surface area (Å²) in [5.74, 6) is -0.201. The van der Waals surface area contributed by atoms with Crippen LogP contribution in [0.4, 0.5) is 0 Å². The number of thiocarbonyl (C=S) groups is 1. The van der Waals surface area contributed by atoms with E-state index in [0.29, 0.717) is 15.8 Å². The Hall–Kier alpha value is -1.74. The lowest BCUT2D eigenvalue weighted by molar-refractivity contribution is -0.884. The lowest BCUT2D eigenvalue weighted by Gasteiger charge is -2.30. The van der Waals surface area contributed by atoms with Crippen molar-refractivity contribution in [1.82, 2.24) is 15.3 Å². The molecule has 0 aliphatic carbocycles. The Morgan fingerprint density at radius 1 is 1.30 bits per heavy atom. The summed E-state index contributed by atoms with van der Waals surface area (Å²) in [4.78, 5) is 28.4. The molecule has 6 nitrogen and oxygen atoms in total. The van der Waals surface area contributed by atoms with E-state index in [1.807, 2.05) is 42.3 Å². The molecule has 0 spiro atoms. The lowest BCUT2D eigenvalue weighted by atomic mass is 10.1. The summed E-state index contributed by atoms with van der Waals surface area (Å²) in [6.07, 6.45) is 2.09. The molecule has 1 aromatic rings. The first-order valence-corrected chi connectivity index (χ1v) is 10.3. The molecular formula is C19H25N4O2S2+. The number of carbonyl (C=O) groups is 2. The molecule has 8 heteroatoms. The zero-order valence-electron chi connectivity index (χ0n) is 15.7. The number of likely N-dealkylation sites (N-methyl/N-ethyl adjacent to an activating group) is 1. The first-order chi connectivity index (χ1) is 12.9. The molecule has 3 rings (SSSR count). The van der Waals surface area contributed by atoms with Gasteiger partial charge < -0.3 is 4.90 Å². The average Bonchev–Trinajstić information content (AvgIpc) is 2.90. The van der Waals surface area contributed by atoms with Crippen LogP contribution in [0, 0.1) is 6.92 Å². The minimum atomic E-state index is -0.124. The van der Waals surface area contributed by atoms with Gasteiger partial charge in [0.15, 0.2) is 0 Å². The molecule has 2 heterocycles. The van der Waals surface area contributed by atoms with Crippen molar-refractivity contribution in [2.45, 2.75) is 13.3 Å². The summed E-state index contributed by atoms with van der Waals surface area (Å²) < 4.78 is 0.509. The average molecular weight is 406 g/mol. The van der Waals surface area contributed by atoms with Crippen LogP contribution in [0.15, 0.2) is 29.2 Å². The second-order valence-electron chi connectivity index (χ2n) is 6.97. The summed E-state index contributed by atoms with van der Waals surface area (Å²) >= 11 is 6.63. The number of aryl methyl sites for hydroxylation is 1. The third kappa shape index (κ3) is 5.38.